The van der Waals surface area contributed by atoms with Gasteiger partial charge in [-0.15, -0.1) is 0 Å². The molecule has 1 aromatic carbocycles. The Morgan fingerprint density at radius 2 is 1.88 bits per heavy atom. The summed E-state index contributed by atoms with van der Waals surface area (Å²) in [6, 6.07) is 7.73. The van der Waals surface area contributed by atoms with Crippen molar-refractivity contribution in [2.75, 3.05) is 18.9 Å². The van der Waals surface area contributed by atoms with Crippen molar-refractivity contribution in [1.82, 2.24) is 5.16 Å². The number of methoxy groups -OCH3 is 2. The van der Waals surface area contributed by atoms with Crippen molar-refractivity contribution in [2.24, 2.45) is 0 Å². The van der Waals surface area contributed by atoms with Gasteiger partial charge in [-0.2, -0.15) is 0 Å². The lowest BCUT2D eigenvalue weighted by Crippen LogP contribution is -2.14. The van der Waals surface area contributed by atoms with Crippen LogP contribution in [0.4, 0.5) is 5.69 Å². The van der Waals surface area contributed by atoms with Crippen molar-refractivity contribution in [2.45, 2.75) is 11.8 Å². The smallest absolute Gasteiger partial charge is 0.265 e. The number of rotatable bonds is 6. The topological polar surface area (TPSA) is 104 Å². The Kier molecular flexibility index (Phi) is 4.41. The Labute approximate surface area is 144 Å². The Bertz CT molecular complexity index is 976. The molecule has 132 valence electrons. The summed E-state index contributed by atoms with van der Waals surface area (Å²) >= 11 is 0. The minimum absolute atomic E-state index is 0.00299. The lowest BCUT2D eigenvalue weighted by atomic mass is 10.3. The zero-order valence-electron chi connectivity index (χ0n) is 13.8. The second kappa shape index (κ2) is 6.52. The molecule has 0 saturated heterocycles. The third-order valence-electron chi connectivity index (χ3n) is 3.50. The number of nitrogens with zero attached hydrogens (tertiary/aromatic N) is 1. The van der Waals surface area contributed by atoms with Crippen LogP contribution in [-0.4, -0.2) is 27.8 Å². The molecule has 3 aromatic rings. The molecule has 25 heavy (non-hydrogen) atoms. The van der Waals surface area contributed by atoms with Crippen LogP contribution in [-0.2, 0) is 10.0 Å². The van der Waals surface area contributed by atoms with Crippen LogP contribution in [0, 0.1) is 6.92 Å². The largest absolute Gasteiger partial charge is 0.497 e. The molecular formula is C16H16N2O6S. The second-order valence-corrected chi connectivity index (χ2v) is 6.73. The molecule has 9 heteroatoms. The molecule has 0 aliphatic carbocycles. The third-order valence-corrected chi connectivity index (χ3v) is 4.97. The van der Waals surface area contributed by atoms with Crippen LogP contribution in [0.15, 0.2) is 50.4 Å². The summed E-state index contributed by atoms with van der Waals surface area (Å²) in [5.74, 6) is 1.72. The van der Waals surface area contributed by atoms with E-state index in [9.17, 15) is 8.42 Å². The van der Waals surface area contributed by atoms with Crippen LogP contribution >= 0.6 is 0 Å². The molecule has 1 N–H and O–H groups in total. The summed E-state index contributed by atoms with van der Waals surface area (Å²) in [6.07, 6.45) is 1.45. The van der Waals surface area contributed by atoms with Gasteiger partial charge in [-0.3, -0.25) is 4.72 Å². The van der Waals surface area contributed by atoms with Crippen molar-refractivity contribution in [3.05, 3.63) is 42.3 Å². The fourth-order valence-corrected chi connectivity index (χ4v) is 3.53. The van der Waals surface area contributed by atoms with E-state index >= 15 is 0 Å². The number of benzene rings is 1. The standard InChI is InChI=1S/C16H16N2O6S/c1-10-16(9-15(23-10)13-6-7-17-24-13)25(19,20)18-12-5-4-11(21-2)8-14(12)22-3/h4-9,18H,1-3H3. The maximum absolute atomic E-state index is 12.7. The van der Waals surface area contributed by atoms with Crippen molar-refractivity contribution >= 4 is 15.7 Å². The summed E-state index contributed by atoms with van der Waals surface area (Å²) in [7, 11) is -0.939. The first-order valence-electron chi connectivity index (χ1n) is 7.21. The molecule has 2 heterocycles. The molecule has 0 unspecified atom stereocenters. The van der Waals surface area contributed by atoms with Gasteiger partial charge in [-0.05, 0) is 19.1 Å². The van der Waals surface area contributed by atoms with E-state index in [1.54, 1.807) is 31.2 Å². The highest BCUT2D eigenvalue weighted by molar-refractivity contribution is 7.92. The van der Waals surface area contributed by atoms with Crippen LogP contribution in [0.1, 0.15) is 5.76 Å². The van der Waals surface area contributed by atoms with Crippen molar-refractivity contribution in [3.63, 3.8) is 0 Å². The molecule has 8 nitrogen and oxygen atoms in total. The number of ether oxygens (including phenoxy) is 2. The summed E-state index contributed by atoms with van der Waals surface area (Å²) in [6.45, 7) is 1.56. The van der Waals surface area contributed by atoms with E-state index in [1.165, 1.54) is 26.5 Å². The monoisotopic (exact) mass is 364 g/mol. The van der Waals surface area contributed by atoms with Crippen molar-refractivity contribution < 1.29 is 26.8 Å². The SMILES string of the molecule is COc1ccc(NS(=O)(=O)c2cc(-c3ccno3)oc2C)c(OC)c1. The first-order valence-corrected chi connectivity index (χ1v) is 8.69. The number of aryl methyl sites for hydroxylation is 1. The van der Waals surface area contributed by atoms with E-state index in [2.05, 4.69) is 9.88 Å². The van der Waals surface area contributed by atoms with Gasteiger partial charge >= 0.3 is 0 Å². The summed E-state index contributed by atoms with van der Waals surface area (Å²) < 4.78 is 48.7. The van der Waals surface area contributed by atoms with Gasteiger partial charge in [0.15, 0.2) is 5.76 Å². The van der Waals surface area contributed by atoms with E-state index in [1.807, 2.05) is 0 Å². The Morgan fingerprint density at radius 3 is 2.52 bits per heavy atom. The zero-order valence-corrected chi connectivity index (χ0v) is 14.6. The molecule has 2 aromatic heterocycles. The summed E-state index contributed by atoms with van der Waals surface area (Å²) in [5, 5.41) is 3.58. The molecule has 0 saturated carbocycles. The third kappa shape index (κ3) is 3.31. The van der Waals surface area contributed by atoms with Crippen LogP contribution in [0.5, 0.6) is 11.5 Å². The number of anilines is 1. The van der Waals surface area contributed by atoms with Crippen molar-refractivity contribution in [1.29, 1.82) is 0 Å². The molecule has 3 rings (SSSR count). The molecule has 0 radical (unpaired) electrons. The molecule has 0 bridgehead atoms. The summed E-state index contributed by atoms with van der Waals surface area (Å²) in [5.41, 5.74) is 0.283. The molecule has 0 aliphatic heterocycles. The molecular weight excluding hydrogens is 348 g/mol. The fourth-order valence-electron chi connectivity index (χ4n) is 2.28. The Morgan fingerprint density at radius 1 is 1.08 bits per heavy atom. The molecule has 0 spiro atoms. The highest BCUT2D eigenvalue weighted by Crippen LogP contribution is 2.33. The van der Waals surface area contributed by atoms with Gasteiger partial charge in [0.05, 0.1) is 26.1 Å². The maximum atomic E-state index is 12.7. The minimum Gasteiger partial charge on any atom is -0.497 e. The average molecular weight is 364 g/mol. The van der Waals surface area contributed by atoms with Gasteiger partial charge in [-0.1, -0.05) is 5.16 Å². The number of sulfonamides is 1. The van der Waals surface area contributed by atoms with E-state index in [0.29, 0.717) is 17.3 Å². The van der Waals surface area contributed by atoms with E-state index < -0.39 is 10.0 Å². The van der Waals surface area contributed by atoms with Crippen LogP contribution < -0.4 is 14.2 Å². The van der Waals surface area contributed by atoms with Crippen LogP contribution in [0.25, 0.3) is 11.5 Å². The molecule has 0 atom stereocenters. The van der Waals surface area contributed by atoms with Gasteiger partial charge in [-0.25, -0.2) is 8.42 Å². The van der Waals surface area contributed by atoms with E-state index in [4.69, 9.17) is 18.4 Å². The van der Waals surface area contributed by atoms with Gasteiger partial charge in [0, 0.05) is 18.2 Å². The first-order chi connectivity index (χ1) is 11.9. The fraction of sp³-hybridized carbons (Fsp3) is 0.188. The maximum Gasteiger partial charge on any atom is 0.265 e. The van der Waals surface area contributed by atoms with Gasteiger partial charge < -0.3 is 18.4 Å². The predicted molar refractivity (Wildman–Crippen MR) is 89.3 cm³/mol. The van der Waals surface area contributed by atoms with Crippen molar-refractivity contribution in [3.8, 4) is 23.0 Å². The van der Waals surface area contributed by atoms with Gasteiger partial charge in [0.25, 0.3) is 10.0 Å². The predicted octanol–water partition coefficient (Wildman–Crippen LogP) is 3.06. The van der Waals surface area contributed by atoms with E-state index in [0.717, 1.165) is 0 Å². The Hall–Kier alpha value is -2.94. The summed E-state index contributed by atoms with van der Waals surface area (Å²) in [4.78, 5) is -0.00299. The Balaban J connectivity index is 1.95. The number of hydrogen-bond acceptors (Lipinski definition) is 7. The number of furan rings is 1. The van der Waals surface area contributed by atoms with Crippen LogP contribution in [0.3, 0.4) is 0 Å². The van der Waals surface area contributed by atoms with Crippen LogP contribution in [0.2, 0.25) is 0 Å². The molecule has 0 fully saturated rings. The number of hydrogen-bond donors (Lipinski definition) is 1. The van der Waals surface area contributed by atoms with Gasteiger partial charge in [0.1, 0.15) is 22.2 Å². The molecule has 0 aliphatic rings. The number of nitrogens with one attached hydrogen (secondary N) is 1. The quantitative estimate of drug-likeness (QED) is 0.717. The normalized spacial score (nSPS) is 11.3. The molecule has 0 amide bonds. The highest BCUT2D eigenvalue weighted by atomic mass is 32.2. The minimum atomic E-state index is -3.89. The zero-order chi connectivity index (χ0) is 18.0. The number of aromatic nitrogens is 1. The average Bonchev–Trinajstić information content (AvgIpc) is 3.24. The highest BCUT2D eigenvalue weighted by Gasteiger charge is 2.24. The lowest BCUT2D eigenvalue weighted by molar-refractivity contribution is 0.395. The lowest BCUT2D eigenvalue weighted by Gasteiger charge is -2.12. The second-order valence-electron chi connectivity index (χ2n) is 5.08. The van der Waals surface area contributed by atoms with E-state index in [-0.39, 0.29) is 22.1 Å². The van der Waals surface area contributed by atoms with Gasteiger partial charge in [0.2, 0.25) is 5.76 Å². The first kappa shape index (κ1) is 16.9.